The second-order valence-electron chi connectivity index (χ2n) is 8.13. The largest absolute Gasteiger partial charge is 0.489 e. The number of rotatable bonds is 6. The number of piperidine rings is 1. The molecule has 2 aliphatic heterocycles. The predicted octanol–water partition coefficient (Wildman–Crippen LogP) is 5.33. The Bertz CT molecular complexity index is 941. The Labute approximate surface area is 172 Å². The maximum absolute atomic E-state index is 6.25. The van der Waals surface area contributed by atoms with Crippen LogP contribution in [0.2, 0.25) is 0 Å². The summed E-state index contributed by atoms with van der Waals surface area (Å²) in [5.74, 6) is 0.904. The van der Waals surface area contributed by atoms with Crippen molar-refractivity contribution in [1.82, 2.24) is 4.90 Å². The van der Waals surface area contributed by atoms with E-state index in [2.05, 4.69) is 78.6 Å². The lowest BCUT2D eigenvalue weighted by Crippen LogP contribution is -2.39. The van der Waals surface area contributed by atoms with Gasteiger partial charge in [0.2, 0.25) is 0 Å². The van der Waals surface area contributed by atoms with Crippen molar-refractivity contribution in [3.05, 3.63) is 102 Å². The minimum Gasteiger partial charge on any atom is -0.489 e. The second-order valence-corrected chi connectivity index (χ2v) is 8.13. The van der Waals surface area contributed by atoms with E-state index in [4.69, 9.17) is 9.47 Å². The van der Waals surface area contributed by atoms with Crippen LogP contribution in [0.15, 0.2) is 84.9 Å². The molecule has 3 unspecified atom stereocenters. The minimum absolute atomic E-state index is 0.0924. The van der Waals surface area contributed by atoms with Crippen molar-refractivity contribution in [3.63, 3.8) is 0 Å². The molecule has 29 heavy (non-hydrogen) atoms. The van der Waals surface area contributed by atoms with Gasteiger partial charge >= 0.3 is 0 Å². The van der Waals surface area contributed by atoms with Crippen LogP contribution in [0.5, 0.6) is 5.75 Å². The lowest BCUT2D eigenvalue weighted by Gasteiger charge is -2.33. The Morgan fingerprint density at radius 2 is 1.66 bits per heavy atom. The van der Waals surface area contributed by atoms with E-state index in [1.807, 2.05) is 18.2 Å². The number of fused-ring (bicyclic) bond motifs is 1. The monoisotopic (exact) mass is 385 g/mol. The summed E-state index contributed by atoms with van der Waals surface area (Å²) in [4.78, 5) is 2.54. The molecule has 3 atom stereocenters. The first-order chi connectivity index (χ1) is 14.2. The number of hydrogen-bond donors (Lipinski definition) is 0. The summed E-state index contributed by atoms with van der Waals surface area (Å²) >= 11 is 0. The van der Waals surface area contributed by atoms with E-state index in [-0.39, 0.29) is 5.60 Å². The number of likely N-dealkylation sites (tertiary alicyclic amines) is 1. The van der Waals surface area contributed by atoms with Crippen LogP contribution in [0.25, 0.3) is 0 Å². The van der Waals surface area contributed by atoms with Crippen LogP contribution in [0.1, 0.15) is 36.1 Å². The van der Waals surface area contributed by atoms with E-state index < -0.39 is 0 Å². The summed E-state index contributed by atoms with van der Waals surface area (Å²) in [5, 5.41) is 0. The molecule has 3 nitrogen and oxygen atoms in total. The third-order valence-corrected chi connectivity index (χ3v) is 6.41. The molecule has 3 aromatic rings. The van der Waals surface area contributed by atoms with Crippen molar-refractivity contribution >= 4 is 0 Å². The average molecular weight is 386 g/mol. The fraction of sp³-hybridized carbons (Fsp3) is 0.308. The zero-order valence-corrected chi connectivity index (χ0v) is 16.8. The first-order valence-electron chi connectivity index (χ1n) is 10.5. The van der Waals surface area contributed by atoms with Gasteiger partial charge in [-0.2, -0.15) is 0 Å². The molecule has 3 aromatic carbocycles. The lowest BCUT2D eigenvalue weighted by molar-refractivity contribution is 0.174. The number of epoxide rings is 1. The summed E-state index contributed by atoms with van der Waals surface area (Å²) in [6, 6.07) is 29.9. The number of benzene rings is 3. The van der Waals surface area contributed by atoms with Crippen molar-refractivity contribution in [2.45, 2.75) is 37.7 Å². The van der Waals surface area contributed by atoms with Gasteiger partial charge in [0.05, 0.1) is 0 Å². The fourth-order valence-electron chi connectivity index (χ4n) is 4.51. The van der Waals surface area contributed by atoms with Crippen LogP contribution in [0.3, 0.4) is 0 Å². The van der Waals surface area contributed by atoms with Crippen molar-refractivity contribution in [2.24, 2.45) is 0 Å². The molecule has 0 spiro atoms. The topological polar surface area (TPSA) is 25.0 Å². The predicted molar refractivity (Wildman–Crippen MR) is 115 cm³/mol. The van der Waals surface area contributed by atoms with Gasteiger partial charge in [-0.15, -0.1) is 0 Å². The van der Waals surface area contributed by atoms with Crippen molar-refractivity contribution in [1.29, 1.82) is 0 Å². The Kier molecular flexibility index (Phi) is 4.86. The van der Waals surface area contributed by atoms with Gasteiger partial charge in [0.25, 0.3) is 0 Å². The summed E-state index contributed by atoms with van der Waals surface area (Å²) in [6.07, 6.45) is 1.33. The maximum Gasteiger partial charge on any atom is 0.122 e. The Balaban J connectivity index is 1.21. The smallest absolute Gasteiger partial charge is 0.122 e. The maximum atomic E-state index is 6.25. The van der Waals surface area contributed by atoms with Gasteiger partial charge in [-0.05, 0) is 42.2 Å². The zero-order chi connectivity index (χ0) is 19.7. The van der Waals surface area contributed by atoms with Crippen LogP contribution >= 0.6 is 0 Å². The van der Waals surface area contributed by atoms with Crippen LogP contribution in [0, 0.1) is 0 Å². The Morgan fingerprint density at radius 3 is 2.34 bits per heavy atom. The molecule has 0 saturated carbocycles. The lowest BCUT2D eigenvalue weighted by atomic mass is 9.88. The SMILES string of the molecule is CC(c1ccccc1)N1CCC2(c3ccc(OCc4ccccc4)cc3)OC2C1. The van der Waals surface area contributed by atoms with Crippen molar-refractivity contribution in [3.8, 4) is 5.75 Å². The van der Waals surface area contributed by atoms with Crippen LogP contribution in [-0.2, 0) is 16.9 Å². The fourth-order valence-corrected chi connectivity index (χ4v) is 4.51. The van der Waals surface area contributed by atoms with Gasteiger partial charge in [-0.1, -0.05) is 72.8 Å². The third-order valence-electron chi connectivity index (χ3n) is 6.41. The number of hydrogen-bond acceptors (Lipinski definition) is 3. The first-order valence-corrected chi connectivity index (χ1v) is 10.5. The Hall–Kier alpha value is -2.62. The molecule has 2 aliphatic rings. The molecule has 0 aliphatic carbocycles. The summed E-state index contributed by atoms with van der Waals surface area (Å²) in [5.41, 5.74) is 3.74. The molecule has 148 valence electrons. The van der Waals surface area contributed by atoms with Gasteiger partial charge in [0.15, 0.2) is 0 Å². The van der Waals surface area contributed by atoms with Gasteiger partial charge in [-0.3, -0.25) is 4.90 Å². The highest BCUT2D eigenvalue weighted by Gasteiger charge is 2.60. The van der Waals surface area contributed by atoms with Crippen LogP contribution in [0.4, 0.5) is 0 Å². The molecular weight excluding hydrogens is 358 g/mol. The highest BCUT2D eigenvalue weighted by atomic mass is 16.6. The molecule has 2 fully saturated rings. The number of nitrogens with zero attached hydrogens (tertiary/aromatic N) is 1. The van der Waals surface area contributed by atoms with E-state index in [0.717, 1.165) is 25.3 Å². The van der Waals surface area contributed by atoms with Gasteiger partial charge in [-0.25, -0.2) is 0 Å². The molecule has 2 saturated heterocycles. The summed E-state index contributed by atoms with van der Waals surface area (Å²) in [7, 11) is 0. The van der Waals surface area contributed by atoms with Crippen LogP contribution in [-0.4, -0.2) is 24.1 Å². The van der Waals surface area contributed by atoms with Gasteiger partial charge in [0, 0.05) is 19.1 Å². The molecule has 0 radical (unpaired) electrons. The standard InChI is InChI=1S/C26H27NO2/c1-20(22-10-6-3-7-11-22)27-17-16-26(25(18-27)29-26)23-12-14-24(15-13-23)28-19-21-8-4-2-5-9-21/h2-15,20,25H,16-19H2,1H3. The zero-order valence-electron chi connectivity index (χ0n) is 16.8. The van der Waals surface area contributed by atoms with E-state index in [1.165, 1.54) is 16.7 Å². The first kappa shape index (κ1) is 18.4. The third kappa shape index (κ3) is 3.68. The second kappa shape index (κ2) is 7.66. The summed E-state index contributed by atoms with van der Waals surface area (Å²) in [6.45, 7) is 4.93. The normalized spacial score (nSPS) is 24.5. The average Bonchev–Trinajstić information content (AvgIpc) is 3.54. The molecule has 0 N–H and O–H groups in total. The Morgan fingerprint density at radius 1 is 0.966 bits per heavy atom. The van der Waals surface area contributed by atoms with E-state index >= 15 is 0 Å². The van der Waals surface area contributed by atoms with Crippen LogP contribution < -0.4 is 4.74 Å². The van der Waals surface area contributed by atoms with E-state index in [9.17, 15) is 0 Å². The van der Waals surface area contributed by atoms with Gasteiger partial charge < -0.3 is 9.47 Å². The highest BCUT2D eigenvalue weighted by molar-refractivity contribution is 5.36. The van der Waals surface area contributed by atoms with Crippen molar-refractivity contribution in [2.75, 3.05) is 13.1 Å². The van der Waals surface area contributed by atoms with E-state index in [0.29, 0.717) is 18.8 Å². The molecule has 5 rings (SSSR count). The molecule has 0 amide bonds. The minimum atomic E-state index is -0.0924. The molecule has 0 bridgehead atoms. The quantitative estimate of drug-likeness (QED) is 0.537. The molecule has 3 heteroatoms. The molecular formula is C26H27NO2. The molecule has 0 aromatic heterocycles. The van der Waals surface area contributed by atoms with Crippen molar-refractivity contribution < 1.29 is 9.47 Å². The summed E-state index contributed by atoms with van der Waals surface area (Å²) < 4.78 is 12.2. The molecule has 2 heterocycles. The van der Waals surface area contributed by atoms with E-state index in [1.54, 1.807) is 0 Å². The highest BCUT2D eigenvalue weighted by Crippen LogP contribution is 2.53. The number of ether oxygens (including phenoxy) is 2. The van der Waals surface area contributed by atoms with Gasteiger partial charge in [0.1, 0.15) is 24.1 Å².